The van der Waals surface area contributed by atoms with Crippen LogP contribution in [0.15, 0.2) is 24.3 Å². The number of rotatable bonds is 10. The van der Waals surface area contributed by atoms with E-state index in [0.717, 1.165) is 44.3 Å². The van der Waals surface area contributed by atoms with Crippen molar-refractivity contribution >= 4 is 9.84 Å². The molecule has 0 fully saturated rings. The largest absolute Gasteiger partial charge is 0.494 e. The average molecular weight is 341 g/mol. The van der Waals surface area contributed by atoms with E-state index < -0.39 is 14.6 Å². The maximum atomic E-state index is 12.0. The van der Waals surface area contributed by atoms with Crippen LogP contribution in [0.5, 0.6) is 5.75 Å². The van der Waals surface area contributed by atoms with Crippen LogP contribution in [0.3, 0.4) is 0 Å². The summed E-state index contributed by atoms with van der Waals surface area (Å²) in [6.07, 6.45) is 6.22. The summed E-state index contributed by atoms with van der Waals surface area (Å²) >= 11 is 0. The Bertz CT molecular complexity index is 556. The van der Waals surface area contributed by atoms with Crippen molar-refractivity contribution in [3.05, 3.63) is 29.8 Å². The third-order valence-electron chi connectivity index (χ3n) is 4.02. The van der Waals surface area contributed by atoms with E-state index in [0.29, 0.717) is 12.4 Å². The second-order valence-electron chi connectivity index (χ2n) is 7.03. The van der Waals surface area contributed by atoms with Gasteiger partial charge in [0, 0.05) is 0 Å². The molecule has 4 heteroatoms. The van der Waals surface area contributed by atoms with Crippen LogP contribution in [0.25, 0.3) is 0 Å². The normalized spacial score (nSPS) is 12.3. The van der Waals surface area contributed by atoms with Crippen molar-refractivity contribution in [3.8, 4) is 5.75 Å². The topological polar surface area (TPSA) is 43.4 Å². The molecule has 3 nitrogen and oxygen atoms in total. The van der Waals surface area contributed by atoms with Crippen LogP contribution in [0.2, 0.25) is 0 Å². The molecule has 0 N–H and O–H groups in total. The second-order valence-corrected chi connectivity index (χ2v) is 9.89. The van der Waals surface area contributed by atoms with E-state index in [9.17, 15) is 8.42 Å². The first-order valence-electron chi connectivity index (χ1n) is 8.70. The van der Waals surface area contributed by atoms with Gasteiger partial charge in [-0.25, -0.2) is 8.42 Å². The van der Waals surface area contributed by atoms with Crippen molar-refractivity contribution in [1.82, 2.24) is 0 Å². The van der Waals surface area contributed by atoms with Gasteiger partial charge in [-0.1, -0.05) is 31.4 Å². The number of hydrogen-bond acceptors (Lipinski definition) is 3. The van der Waals surface area contributed by atoms with Crippen LogP contribution in [0, 0.1) is 0 Å². The fourth-order valence-electron chi connectivity index (χ4n) is 2.42. The second kappa shape index (κ2) is 9.31. The molecule has 0 saturated carbocycles. The lowest BCUT2D eigenvalue weighted by Crippen LogP contribution is -2.30. The molecule has 23 heavy (non-hydrogen) atoms. The van der Waals surface area contributed by atoms with Gasteiger partial charge in [-0.15, -0.1) is 0 Å². The minimum Gasteiger partial charge on any atom is -0.494 e. The van der Waals surface area contributed by atoms with Crippen LogP contribution >= 0.6 is 0 Å². The Morgan fingerprint density at radius 3 is 2.30 bits per heavy atom. The Labute approximate surface area is 142 Å². The minimum absolute atomic E-state index is 0.312. The van der Waals surface area contributed by atoms with Crippen molar-refractivity contribution < 1.29 is 13.2 Å². The lowest BCUT2D eigenvalue weighted by Gasteiger charge is -2.18. The first-order valence-corrected chi connectivity index (χ1v) is 10.4. The van der Waals surface area contributed by atoms with Gasteiger partial charge in [0.1, 0.15) is 5.75 Å². The highest BCUT2D eigenvalue weighted by Gasteiger charge is 2.27. The Morgan fingerprint density at radius 1 is 1.00 bits per heavy atom. The van der Waals surface area contributed by atoms with Crippen molar-refractivity contribution in [3.63, 3.8) is 0 Å². The molecule has 0 unspecified atom stereocenters. The monoisotopic (exact) mass is 340 g/mol. The van der Waals surface area contributed by atoms with Gasteiger partial charge in [0.05, 0.1) is 17.1 Å². The molecule has 1 aromatic carbocycles. The van der Waals surface area contributed by atoms with Gasteiger partial charge in [-0.3, -0.25) is 0 Å². The summed E-state index contributed by atoms with van der Waals surface area (Å²) in [5.41, 5.74) is 1.31. The molecular weight excluding hydrogens is 308 g/mol. The van der Waals surface area contributed by atoms with Crippen LogP contribution in [-0.2, 0) is 16.3 Å². The van der Waals surface area contributed by atoms with E-state index in [1.165, 1.54) is 5.56 Å². The molecule has 0 atom stereocenters. The molecule has 1 rings (SSSR count). The molecule has 0 heterocycles. The maximum Gasteiger partial charge on any atom is 0.155 e. The lowest BCUT2D eigenvalue weighted by molar-refractivity contribution is 0.340. The summed E-state index contributed by atoms with van der Waals surface area (Å²) in [5.74, 6) is 1.25. The number of unbranched alkanes of at least 4 members (excludes halogenated alkanes) is 4. The summed E-state index contributed by atoms with van der Waals surface area (Å²) in [4.78, 5) is 0. The highest BCUT2D eigenvalue weighted by molar-refractivity contribution is 7.92. The standard InChI is InChI=1S/C19H32O3S/c1-5-22-18-14-11-13-17(16-18)12-9-7-6-8-10-15-23(20,21)19(2,3)4/h11,13-14,16H,5-10,12,15H2,1-4H3. The predicted molar refractivity (Wildman–Crippen MR) is 97.9 cm³/mol. The zero-order chi connectivity index (χ0) is 17.3. The molecule has 0 aromatic heterocycles. The zero-order valence-electron chi connectivity index (χ0n) is 15.1. The highest BCUT2D eigenvalue weighted by atomic mass is 32.2. The minimum atomic E-state index is -2.96. The number of hydrogen-bond donors (Lipinski definition) is 0. The van der Waals surface area contributed by atoms with Crippen molar-refractivity contribution in [1.29, 1.82) is 0 Å². The van der Waals surface area contributed by atoms with Gasteiger partial charge in [0.15, 0.2) is 9.84 Å². The van der Waals surface area contributed by atoms with Gasteiger partial charge >= 0.3 is 0 Å². The van der Waals surface area contributed by atoms with Crippen LogP contribution < -0.4 is 4.74 Å². The molecule has 0 amide bonds. The van der Waals surface area contributed by atoms with E-state index in [1.807, 2.05) is 19.1 Å². The van der Waals surface area contributed by atoms with E-state index in [2.05, 4.69) is 12.1 Å². The van der Waals surface area contributed by atoms with Crippen LogP contribution in [-0.4, -0.2) is 25.5 Å². The van der Waals surface area contributed by atoms with E-state index in [-0.39, 0.29) is 0 Å². The Kier molecular flexibility index (Phi) is 8.10. The molecular formula is C19H32O3S. The fraction of sp³-hybridized carbons (Fsp3) is 0.684. The predicted octanol–water partition coefficient (Wildman–Crippen LogP) is 4.79. The lowest BCUT2D eigenvalue weighted by atomic mass is 10.1. The molecule has 0 aliphatic rings. The Morgan fingerprint density at radius 2 is 1.65 bits per heavy atom. The molecule has 0 radical (unpaired) electrons. The van der Waals surface area contributed by atoms with E-state index in [1.54, 1.807) is 20.8 Å². The van der Waals surface area contributed by atoms with Gasteiger partial charge in [0.2, 0.25) is 0 Å². The summed E-state index contributed by atoms with van der Waals surface area (Å²) in [7, 11) is -2.96. The summed E-state index contributed by atoms with van der Waals surface area (Å²) in [6.45, 7) is 8.02. The first-order chi connectivity index (χ1) is 10.8. The molecule has 1 aromatic rings. The quantitative estimate of drug-likeness (QED) is 0.575. The Hall–Kier alpha value is -1.03. The smallest absolute Gasteiger partial charge is 0.155 e. The van der Waals surface area contributed by atoms with Gasteiger partial charge < -0.3 is 4.74 Å². The SMILES string of the molecule is CCOc1cccc(CCCCCCCS(=O)(=O)C(C)(C)C)c1. The van der Waals surface area contributed by atoms with E-state index in [4.69, 9.17) is 4.74 Å². The molecule has 0 saturated heterocycles. The number of benzene rings is 1. The van der Waals surface area contributed by atoms with Gasteiger partial charge in [-0.05, 0) is 64.7 Å². The summed E-state index contributed by atoms with van der Waals surface area (Å²) < 4.78 is 28.9. The first kappa shape index (κ1) is 20.0. The molecule has 0 spiro atoms. The zero-order valence-corrected chi connectivity index (χ0v) is 15.9. The molecule has 132 valence electrons. The van der Waals surface area contributed by atoms with Crippen molar-refractivity contribution in [2.24, 2.45) is 0 Å². The van der Waals surface area contributed by atoms with Crippen LogP contribution in [0.1, 0.15) is 65.4 Å². The molecule has 0 bridgehead atoms. The summed E-state index contributed by atoms with van der Waals surface area (Å²) in [6, 6.07) is 8.28. The maximum absolute atomic E-state index is 12.0. The average Bonchev–Trinajstić information content (AvgIpc) is 2.46. The molecule has 0 aliphatic heterocycles. The number of sulfone groups is 1. The van der Waals surface area contributed by atoms with Crippen molar-refractivity contribution in [2.45, 2.75) is 71.0 Å². The number of aryl methyl sites for hydroxylation is 1. The van der Waals surface area contributed by atoms with Crippen LogP contribution in [0.4, 0.5) is 0 Å². The van der Waals surface area contributed by atoms with Gasteiger partial charge in [0.25, 0.3) is 0 Å². The third-order valence-corrected chi connectivity index (χ3v) is 6.71. The van der Waals surface area contributed by atoms with Gasteiger partial charge in [-0.2, -0.15) is 0 Å². The number of ether oxygens (including phenoxy) is 1. The Balaban J connectivity index is 2.18. The summed E-state index contributed by atoms with van der Waals surface area (Å²) in [5, 5.41) is 0. The molecule has 0 aliphatic carbocycles. The third kappa shape index (κ3) is 7.38. The highest BCUT2D eigenvalue weighted by Crippen LogP contribution is 2.19. The fourth-order valence-corrected chi connectivity index (χ4v) is 3.61. The van der Waals surface area contributed by atoms with E-state index >= 15 is 0 Å². The van der Waals surface area contributed by atoms with Crippen molar-refractivity contribution in [2.75, 3.05) is 12.4 Å².